The maximum Gasteiger partial charge on any atom is 0.273 e. The molecule has 0 spiro atoms. The van der Waals surface area contributed by atoms with Crippen molar-refractivity contribution in [3.63, 3.8) is 0 Å². The number of amides is 1. The predicted octanol–water partition coefficient (Wildman–Crippen LogP) is 2.83. The minimum Gasteiger partial charge on any atom is -0.496 e. The van der Waals surface area contributed by atoms with Crippen molar-refractivity contribution in [2.45, 2.75) is 13.5 Å². The van der Waals surface area contributed by atoms with Gasteiger partial charge in [0.2, 0.25) is 0 Å². The molecule has 1 amide bonds. The zero-order valence-corrected chi connectivity index (χ0v) is 17.0. The van der Waals surface area contributed by atoms with Crippen molar-refractivity contribution >= 4 is 35.1 Å². The molecule has 2 aromatic carbocycles. The molecule has 1 fully saturated rings. The largest absolute Gasteiger partial charge is 0.496 e. The topological polar surface area (TPSA) is 85.9 Å². The van der Waals surface area contributed by atoms with E-state index in [2.05, 4.69) is 10.6 Å². The Hall–Kier alpha value is -3.39. The summed E-state index contributed by atoms with van der Waals surface area (Å²) in [6.07, 6.45) is 1.67. The monoisotopic (exact) mass is 412 g/mol. The summed E-state index contributed by atoms with van der Waals surface area (Å²) in [6, 6.07) is 10.5. The Labute approximate surface area is 173 Å². The SMILES string of the molecule is COc1cc(C(C)=O)ccc1COc1ccc(/C=C2\NC(=S)NC2=O)cc1OC. The van der Waals surface area contributed by atoms with Gasteiger partial charge in [-0.2, -0.15) is 0 Å². The van der Waals surface area contributed by atoms with E-state index in [4.69, 9.17) is 26.4 Å². The molecule has 7 nitrogen and oxygen atoms in total. The molecule has 0 aliphatic carbocycles. The number of hydrogen-bond donors (Lipinski definition) is 2. The van der Waals surface area contributed by atoms with Crippen molar-refractivity contribution in [1.82, 2.24) is 10.6 Å². The summed E-state index contributed by atoms with van der Waals surface area (Å²) in [6.45, 7) is 1.74. The molecule has 0 aromatic heterocycles. The van der Waals surface area contributed by atoms with Gasteiger partial charge in [-0.05, 0) is 49.0 Å². The second-order valence-electron chi connectivity index (χ2n) is 6.25. The third-order valence-electron chi connectivity index (χ3n) is 4.30. The highest BCUT2D eigenvalue weighted by Crippen LogP contribution is 2.31. The molecular weight excluding hydrogens is 392 g/mol. The van der Waals surface area contributed by atoms with Gasteiger partial charge in [-0.25, -0.2) is 0 Å². The lowest BCUT2D eigenvalue weighted by atomic mass is 10.1. The van der Waals surface area contributed by atoms with E-state index in [1.807, 2.05) is 0 Å². The van der Waals surface area contributed by atoms with Gasteiger partial charge >= 0.3 is 0 Å². The van der Waals surface area contributed by atoms with Crippen LogP contribution in [0.4, 0.5) is 0 Å². The van der Waals surface area contributed by atoms with Crippen LogP contribution in [-0.4, -0.2) is 31.0 Å². The molecular formula is C21H20N2O5S. The van der Waals surface area contributed by atoms with E-state index in [1.165, 1.54) is 14.0 Å². The van der Waals surface area contributed by atoms with Crippen LogP contribution in [0.5, 0.6) is 17.2 Å². The Kier molecular flexibility index (Phi) is 6.13. The van der Waals surface area contributed by atoms with E-state index in [0.29, 0.717) is 28.5 Å². The Balaban J connectivity index is 1.78. The van der Waals surface area contributed by atoms with Crippen molar-refractivity contribution in [3.05, 3.63) is 58.8 Å². The molecule has 150 valence electrons. The fourth-order valence-electron chi connectivity index (χ4n) is 2.78. The molecule has 1 aliphatic rings. The summed E-state index contributed by atoms with van der Waals surface area (Å²) >= 11 is 4.92. The quantitative estimate of drug-likeness (QED) is 0.411. The number of thiocarbonyl (C=S) groups is 1. The maximum atomic E-state index is 11.8. The number of methoxy groups -OCH3 is 2. The van der Waals surface area contributed by atoms with E-state index in [-0.39, 0.29) is 23.4 Å². The number of ketones is 1. The highest BCUT2D eigenvalue weighted by atomic mass is 32.1. The summed E-state index contributed by atoms with van der Waals surface area (Å²) in [5, 5.41) is 5.59. The Morgan fingerprint density at radius 2 is 1.79 bits per heavy atom. The molecule has 0 atom stereocenters. The Morgan fingerprint density at radius 3 is 2.41 bits per heavy atom. The van der Waals surface area contributed by atoms with Gasteiger partial charge in [-0.1, -0.05) is 18.2 Å². The van der Waals surface area contributed by atoms with Gasteiger partial charge in [-0.3, -0.25) is 14.9 Å². The lowest BCUT2D eigenvalue weighted by Crippen LogP contribution is -2.21. The first-order valence-electron chi connectivity index (χ1n) is 8.74. The Morgan fingerprint density at radius 1 is 1.03 bits per heavy atom. The number of carbonyl (C=O) groups excluding carboxylic acids is 2. The highest BCUT2D eigenvalue weighted by Gasteiger charge is 2.20. The fraction of sp³-hybridized carbons (Fsp3) is 0.190. The molecule has 1 saturated heterocycles. The van der Waals surface area contributed by atoms with E-state index >= 15 is 0 Å². The van der Waals surface area contributed by atoms with Gasteiger partial charge in [0, 0.05) is 11.1 Å². The lowest BCUT2D eigenvalue weighted by Gasteiger charge is -2.14. The van der Waals surface area contributed by atoms with Gasteiger partial charge in [0.05, 0.1) is 14.2 Å². The smallest absolute Gasteiger partial charge is 0.273 e. The van der Waals surface area contributed by atoms with Gasteiger partial charge in [-0.15, -0.1) is 0 Å². The number of hydrogen-bond acceptors (Lipinski definition) is 6. The third kappa shape index (κ3) is 4.72. The first-order valence-corrected chi connectivity index (χ1v) is 9.15. The molecule has 1 aliphatic heterocycles. The summed E-state index contributed by atoms with van der Waals surface area (Å²) in [5.74, 6) is 1.31. The number of benzene rings is 2. The molecule has 2 N–H and O–H groups in total. The zero-order valence-electron chi connectivity index (χ0n) is 16.2. The predicted molar refractivity (Wildman–Crippen MR) is 112 cm³/mol. The molecule has 29 heavy (non-hydrogen) atoms. The van der Waals surface area contributed by atoms with E-state index in [9.17, 15) is 9.59 Å². The fourth-order valence-corrected chi connectivity index (χ4v) is 2.98. The minimum absolute atomic E-state index is 0.0339. The van der Waals surface area contributed by atoms with Gasteiger partial charge in [0.1, 0.15) is 18.1 Å². The van der Waals surface area contributed by atoms with Gasteiger partial charge in [0.15, 0.2) is 22.4 Å². The van der Waals surface area contributed by atoms with Crippen molar-refractivity contribution in [1.29, 1.82) is 0 Å². The third-order valence-corrected chi connectivity index (χ3v) is 4.50. The molecule has 0 saturated carbocycles. The number of rotatable bonds is 7. The van der Waals surface area contributed by atoms with E-state index in [0.717, 1.165) is 11.1 Å². The number of nitrogens with one attached hydrogen (secondary N) is 2. The number of carbonyl (C=O) groups is 2. The molecule has 1 heterocycles. The van der Waals surface area contributed by atoms with Crippen LogP contribution in [0.1, 0.15) is 28.4 Å². The highest BCUT2D eigenvalue weighted by molar-refractivity contribution is 7.80. The number of ether oxygens (including phenoxy) is 3. The standard InChI is InChI=1S/C21H20N2O5S/c1-12(24)14-5-6-15(18(10-14)26-2)11-28-17-7-4-13(9-19(17)27-3)8-16-20(25)23-21(29)22-16/h4-10H,11H2,1-3H3,(H2,22,23,25,29)/b16-8-. The molecule has 0 unspecified atom stereocenters. The van der Waals surface area contributed by atoms with Crippen LogP contribution in [0.3, 0.4) is 0 Å². The summed E-state index contributed by atoms with van der Waals surface area (Å²) in [5.41, 5.74) is 2.48. The van der Waals surface area contributed by atoms with Crippen LogP contribution >= 0.6 is 12.2 Å². The zero-order chi connectivity index (χ0) is 21.0. The minimum atomic E-state index is -0.282. The molecule has 2 aromatic rings. The van der Waals surface area contributed by atoms with Crippen LogP contribution in [0.25, 0.3) is 6.08 Å². The summed E-state index contributed by atoms with van der Waals surface area (Å²) < 4.78 is 16.7. The van der Waals surface area contributed by atoms with E-state index < -0.39 is 0 Å². The van der Waals surface area contributed by atoms with Gasteiger partial charge < -0.3 is 19.5 Å². The van der Waals surface area contributed by atoms with Gasteiger partial charge in [0.25, 0.3) is 5.91 Å². The normalized spacial score (nSPS) is 14.4. The average Bonchev–Trinajstić information content (AvgIpc) is 3.03. The first kappa shape index (κ1) is 20.3. The van der Waals surface area contributed by atoms with Crippen LogP contribution < -0.4 is 24.8 Å². The molecule has 8 heteroatoms. The van der Waals surface area contributed by atoms with Crippen LogP contribution in [-0.2, 0) is 11.4 Å². The molecule has 3 rings (SSSR count). The molecule has 0 bridgehead atoms. The van der Waals surface area contributed by atoms with Crippen molar-refractivity contribution in [2.75, 3.05) is 14.2 Å². The van der Waals surface area contributed by atoms with Crippen molar-refractivity contribution in [2.24, 2.45) is 0 Å². The summed E-state index contributed by atoms with van der Waals surface area (Å²) in [4.78, 5) is 23.3. The van der Waals surface area contributed by atoms with E-state index in [1.54, 1.807) is 49.6 Å². The van der Waals surface area contributed by atoms with Crippen molar-refractivity contribution < 1.29 is 23.8 Å². The Bertz CT molecular complexity index is 1020. The van der Waals surface area contributed by atoms with Crippen LogP contribution in [0.2, 0.25) is 0 Å². The van der Waals surface area contributed by atoms with Crippen molar-refractivity contribution in [3.8, 4) is 17.2 Å². The second kappa shape index (κ2) is 8.74. The first-order chi connectivity index (χ1) is 13.9. The summed E-state index contributed by atoms with van der Waals surface area (Å²) in [7, 11) is 3.08. The average molecular weight is 412 g/mol. The molecule has 0 radical (unpaired) electrons. The van der Waals surface area contributed by atoms with Crippen LogP contribution in [0, 0.1) is 0 Å². The number of Topliss-reactive ketones (excluding diaryl/α,β-unsaturated/α-hetero) is 1. The maximum absolute atomic E-state index is 11.8. The van der Waals surface area contributed by atoms with Crippen LogP contribution in [0.15, 0.2) is 42.1 Å². The second-order valence-corrected chi connectivity index (χ2v) is 6.66. The lowest BCUT2D eigenvalue weighted by molar-refractivity contribution is -0.115.